The molecule has 1 aromatic rings. The number of rotatable bonds is 3. The summed E-state index contributed by atoms with van der Waals surface area (Å²) in [4.78, 5) is 25.8. The molecule has 7 heteroatoms. The van der Waals surface area contributed by atoms with Crippen molar-refractivity contribution in [3.8, 4) is 0 Å². The number of amides is 1. The van der Waals surface area contributed by atoms with Gasteiger partial charge in [-0.1, -0.05) is 12.1 Å². The maximum Gasteiger partial charge on any atom is 0.416 e. The van der Waals surface area contributed by atoms with Crippen molar-refractivity contribution in [1.82, 2.24) is 4.90 Å². The van der Waals surface area contributed by atoms with Gasteiger partial charge in [0.25, 0.3) is 0 Å². The van der Waals surface area contributed by atoms with Crippen LogP contribution in [-0.2, 0) is 20.5 Å². The van der Waals surface area contributed by atoms with Crippen molar-refractivity contribution in [3.63, 3.8) is 0 Å². The monoisotopic (exact) mass is 355 g/mol. The molecule has 0 radical (unpaired) electrons. The summed E-state index contributed by atoms with van der Waals surface area (Å²) in [5, 5.41) is 0. The molecule has 0 aromatic heterocycles. The van der Waals surface area contributed by atoms with E-state index in [0.717, 1.165) is 17.7 Å². The number of piperidine rings is 1. The highest BCUT2D eigenvalue weighted by Gasteiger charge is 2.46. The number of nitrogens with zero attached hydrogens (tertiary/aromatic N) is 1. The Bertz CT molecular complexity index is 649. The van der Waals surface area contributed by atoms with Gasteiger partial charge in [0, 0.05) is 19.0 Å². The molecule has 1 aliphatic heterocycles. The standard InChI is InChI=1S/C18H20F3NO3/c1-25-17(24)12-6-8-22(9-7-12)16(23)15-10-14(15)11-2-4-13(5-3-11)18(19,20)21/h2-5,12,14-15H,6-10H2,1H3. The Morgan fingerprint density at radius 3 is 2.24 bits per heavy atom. The van der Waals surface area contributed by atoms with E-state index in [0.29, 0.717) is 32.4 Å². The van der Waals surface area contributed by atoms with E-state index in [4.69, 9.17) is 4.74 Å². The second-order valence-electron chi connectivity index (χ2n) is 6.69. The number of hydrogen-bond acceptors (Lipinski definition) is 3. The molecule has 2 unspecified atom stereocenters. The molecule has 0 spiro atoms. The molecule has 3 rings (SSSR count). The third kappa shape index (κ3) is 3.80. The van der Waals surface area contributed by atoms with Crippen LogP contribution in [0.5, 0.6) is 0 Å². The van der Waals surface area contributed by atoms with Gasteiger partial charge in [-0.25, -0.2) is 0 Å². The van der Waals surface area contributed by atoms with Crippen LogP contribution in [0.2, 0.25) is 0 Å². The number of ether oxygens (including phenoxy) is 1. The SMILES string of the molecule is COC(=O)C1CCN(C(=O)C2CC2c2ccc(C(F)(F)F)cc2)CC1. The fraction of sp³-hybridized carbons (Fsp3) is 0.556. The molecule has 1 aromatic carbocycles. The van der Waals surface area contributed by atoms with Crippen molar-refractivity contribution in [2.75, 3.05) is 20.2 Å². The van der Waals surface area contributed by atoms with Gasteiger partial charge in [-0.15, -0.1) is 0 Å². The van der Waals surface area contributed by atoms with E-state index in [1.807, 2.05) is 0 Å². The van der Waals surface area contributed by atoms with Crippen molar-refractivity contribution in [3.05, 3.63) is 35.4 Å². The normalized spacial score (nSPS) is 24.1. The zero-order valence-corrected chi connectivity index (χ0v) is 13.9. The first-order valence-corrected chi connectivity index (χ1v) is 8.35. The lowest BCUT2D eigenvalue weighted by Gasteiger charge is -2.31. The molecule has 1 saturated carbocycles. The van der Waals surface area contributed by atoms with E-state index in [1.54, 1.807) is 4.90 Å². The Morgan fingerprint density at radius 2 is 1.72 bits per heavy atom. The summed E-state index contributed by atoms with van der Waals surface area (Å²) in [7, 11) is 1.36. The molecular weight excluding hydrogens is 335 g/mol. The Kier molecular flexibility index (Phi) is 4.75. The van der Waals surface area contributed by atoms with Gasteiger partial charge in [-0.2, -0.15) is 13.2 Å². The molecule has 1 heterocycles. The maximum absolute atomic E-state index is 12.6. The summed E-state index contributed by atoms with van der Waals surface area (Å²) in [6.45, 7) is 1.05. The Balaban J connectivity index is 1.55. The Labute approximate surface area is 143 Å². The lowest BCUT2D eigenvalue weighted by atomic mass is 9.96. The van der Waals surface area contributed by atoms with E-state index in [9.17, 15) is 22.8 Å². The van der Waals surface area contributed by atoms with Crippen molar-refractivity contribution in [2.24, 2.45) is 11.8 Å². The third-order valence-electron chi connectivity index (χ3n) is 5.11. The van der Waals surface area contributed by atoms with Gasteiger partial charge in [-0.05, 0) is 42.9 Å². The number of likely N-dealkylation sites (tertiary alicyclic amines) is 1. The fourth-order valence-electron chi connectivity index (χ4n) is 3.49. The quantitative estimate of drug-likeness (QED) is 0.782. The van der Waals surface area contributed by atoms with Crippen LogP contribution in [0.4, 0.5) is 13.2 Å². The minimum absolute atomic E-state index is 0.00638. The number of carbonyl (C=O) groups is 2. The molecule has 1 amide bonds. The van der Waals surface area contributed by atoms with Gasteiger partial charge in [-0.3, -0.25) is 9.59 Å². The number of carbonyl (C=O) groups excluding carboxylic acids is 2. The summed E-state index contributed by atoms with van der Waals surface area (Å²) >= 11 is 0. The van der Waals surface area contributed by atoms with Crippen molar-refractivity contribution >= 4 is 11.9 Å². The molecular formula is C18H20F3NO3. The minimum Gasteiger partial charge on any atom is -0.469 e. The molecule has 0 bridgehead atoms. The first-order chi connectivity index (χ1) is 11.8. The summed E-state index contributed by atoms with van der Waals surface area (Å²) < 4.78 is 42.5. The molecule has 0 N–H and O–H groups in total. The highest BCUT2D eigenvalue weighted by molar-refractivity contribution is 5.83. The average molecular weight is 355 g/mol. The van der Waals surface area contributed by atoms with Gasteiger partial charge in [0.15, 0.2) is 0 Å². The largest absolute Gasteiger partial charge is 0.469 e. The van der Waals surface area contributed by atoms with Crippen molar-refractivity contribution < 1.29 is 27.5 Å². The predicted octanol–water partition coefficient (Wildman–Crippen LogP) is 3.22. The van der Waals surface area contributed by atoms with E-state index in [2.05, 4.69) is 0 Å². The van der Waals surface area contributed by atoms with Crippen LogP contribution in [-0.4, -0.2) is 37.0 Å². The van der Waals surface area contributed by atoms with Crippen molar-refractivity contribution in [1.29, 1.82) is 0 Å². The molecule has 2 atom stereocenters. The van der Waals surface area contributed by atoms with Crippen molar-refractivity contribution in [2.45, 2.75) is 31.4 Å². The van der Waals surface area contributed by atoms with E-state index >= 15 is 0 Å². The van der Waals surface area contributed by atoms with Gasteiger partial charge >= 0.3 is 12.1 Å². The molecule has 2 fully saturated rings. The van der Waals surface area contributed by atoms with Crippen LogP contribution < -0.4 is 0 Å². The number of benzene rings is 1. The molecule has 25 heavy (non-hydrogen) atoms. The topological polar surface area (TPSA) is 46.6 Å². The van der Waals surface area contributed by atoms with Crippen LogP contribution in [0.3, 0.4) is 0 Å². The second-order valence-corrected chi connectivity index (χ2v) is 6.69. The number of hydrogen-bond donors (Lipinski definition) is 0. The lowest BCUT2D eigenvalue weighted by Crippen LogP contribution is -2.41. The summed E-state index contributed by atoms with van der Waals surface area (Å²) in [6, 6.07) is 5.06. The molecule has 136 valence electrons. The number of halogens is 3. The first-order valence-electron chi connectivity index (χ1n) is 8.35. The predicted molar refractivity (Wildman–Crippen MR) is 83.6 cm³/mol. The van der Waals surface area contributed by atoms with E-state index in [1.165, 1.54) is 19.2 Å². The third-order valence-corrected chi connectivity index (χ3v) is 5.11. The van der Waals surface area contributed by atoms with Crippen LogP contribution in [0.15, 0.2) is 24.3 Å². The summed E-state index contributed by atoms with van der Waals surface area (Å²) in [6.07, 6.45) is -2.49. The van der Waals surface area contributed by atoms with Gasteiger partial charge < -0.3 is 9.64 Å². The lowest BCUT2D eigenvalue weighted by molar-refractivity contribution is -0.149. The van der Waals surface area contributed by atoms with Gasteiger partial charge in [0.2, 0.25) is 5.91 Å². The number of alkyl halides is 3. The summed E-state index contributed by atoms with van der Waals surface area (Å²) in [5.74, 6) is -0.521. The highest BCUT2D eigenvalue weighted by Crippen LogP contribution is 2.49. The van der Waals surface area contributed by atoms with Crippen LogP contribution >= 0.6 is 0 Å². The Hall–Kier alpha value is -2.05. The number of esters is 1. The molecule has 2 aliphatic rings. The first kappa shape index (κ1) is 17.8. The molecule has 1 saturated heterocycles. The zero-order chi connectivity index (χ0) is 18.2. The fourth-order valence-corrected chi connectivity index (χ4v) is 3.49. The summed E-state index contributed by atoms with van der Waals surface area (Å²) in [5.41, 5.74) is 0.0976. The van der Waals surface area contributed by atoms with E-state index < -0.39 is 11.7 Å². The Morgan fingerprint density at radius 1 is 1.12 bits per heavy atom. The maximum atomic E-state index is 12.6. The van der Waals surface area contributed by atoms with E-state index in [-0.39, 0.29) is 29.6 Å². The minimum atomic E-state index is -4.35. The average Bonchev–Trinajstić information content (AvgIpc) is 3.40. The van der Waals surface area contributed by atoms with Gasteiger partial charge in [0.05, 0.1) is 18.6 Å². The van der Waals surface area contributed by atoms with Crippen LogP contribution in [0.25, 0.3) is 0 Å². The zero-order valence-electron chi connectivity index (χ0n) is 13.9. The van der Waals surface area contributed by atoms with Crippen LogP contribution in [0.1, 0.15) is 36.3 Å². The number of methoxy groups -OCH3 is 1. The smallest absolute Gasteiger partial charge is 0.416 e. The highest BCUT2D eigenvalue weighted by atomic mass is 19.4. The second kappa shape index (κ2) is 6.69. The van der Waals surface area contributed by atoms with Crippen LogP contribution in [0, 0.1) is 11.8 Å². The molecule has 4 nitrogen and oxygen atoms in total. The molecule has 1 aliphatic carbocycles. The van der Waals surface area contributed by atoms with Gasteiger partial charge in [0.1, 0.15) is 0 Å².